The van der Waals surface area contributed by atoms with E-state index in [1.165, 1.54) is 14.2 Å². The zero-order valence-electron chi connectivity index (χ0n) is 10.1. The number of hydrogen-bond acceptors (Lipinski definition) is 3. The van der Waals surface area contributed by atoms with E-state index < -0.39 is 24.7 Å². The first-order valence-corrected chi connectivity index (χ1v) is 5.07. The Kier molecular flexibility index (Phi) is 7.10. The van der Waals surface area contributed by atoms with Crippen LogP contribution in [0.15, 0.2) is 0 Å². The highest BCUT2D eigenvalue weighted by molar-refractivity contribution is 5.83. The van der Waals surface area contributed by atoms with Gasteiger partial charge in [0.05, 0.1) is 6.61 Å². The second kappa shape index (κ2) is 7.75. The van der Waals surface area contributed by atoms with E-state index >= 15 is 0 Å². The number of methoxy groups -OCH3 is 1. The third-order valence-corrected chi connectivity index (χ3v) is 1.80. The van der Waals surface area contributed by atoms with Crippen LogP contribution < -0.4 is 10.6 Å². The average molecular weight is 271 g/mol. The first kappa shape index (κ1) is 16.5. The molecule has 2 N–H and O–H groups in total. The Morgan fingerprint density at radius 3 is 2.39 bits per heavy atom. The fraction of sp³-hybridized carbons (Fsp3) is 0.778. The van der Waals surface area contributed by atoms with Crippen LogP contribution in [0.5, 0.6) is 0 Å². The third-order valence-electron chi connectivity index (χ3n) is 1.80. The Labute approximate surface area is 102 Å². The van der Waals surface area contributed by atoms with E-state index in [0.717, 1.165) is 4.90 Å². The third kappa shape index (κ3) is 8.62. The number of nitrogens with one attached hydrogen (secondary N) is 2. The molecule has 0 unspecified atom stereocenters. The van der Waals surface area contributed by atoms with Gasteiger partial charge in [-0.2, -0.15) is 13.2 Å². The topological polar surface area (TPSA) is 70.7 Å². The Morgan fingerprint density at radius 1 is 1.28 bits per heavy atom. The first-order valence-electron chi connectivity index (χ1n) is 5.07. The molecule has 0 aliphatic carbocycles. The zero-order chi connectivity index (χ0) is 14.2. The van der Waals surface area contributed by atoms with Crippen LogP contribution in [-0.2, 0) is 9.53 Å². The van der Waals surface area contributed by atoms with E-state index in [1.54, 1.807) is 5.32 Å². The highest BCUT2D eigenvalue weighted by Crippen LogP contribution is 2.12. The minimum atomic E-state index is -4.47. The zero-order valence-corrected chi connectivity index (χ0v) is 10.1. The van der Waals surface area contributed by atoms with Crippen molar-refractivity contribution in [2.45, 2.75) is 6.18 Å². The second-order valence-electron chi connectivity index (χ2n) is 3.47. The molecule has 0 spiro atoms. The van der Waals surface area contributed by atoms with Crippen molar-refractivity contribution in [1.82, 2.24) is 15.5 Å². The van der Waals surface area contributed by atoms with Crippen molar-refractivity contribution >= 4 is 11.9 Å². The fourth-order valence-corrected chi connectivity index (χ4v) is 0.946. The van der Waals surface area contributed by atoms with Crippen molar-refractivity contribution in [2.24, 2.45) is 0 Å². The van der Waals surface area contributed by atoms with Crippen molar-refractivity contribution in [3.63, 3.8) is 0 Å². The molecule has 0 fully saturated rings. The number of hydrogen-bond donors (Lipinski definition) is 2. The van der Waals surface area contributed by atoms with Crippen LogP contribution in [0, 0.1) is 0 Å². The maximum Gasteiger partial charge on any atom is 0.405 e. The molecule has 0 saturated heterocycles. The summed E-state index contributed by atoms with van der Waals surface area (Å²) in [5.41, 5.74) is 0. The van der Waals surface area contributed by atoms with Crippen LogP contribution >= 0.6 is 0 Å². The van der Waals surface area contributed by atoms with Crippen molar-refractivity contribution in [3.05, 3.63) is 0 Å². The number of ether oxygens (including phenoxy) is 1. The number of alkyl halides is 3. The van der Waals surface area contributed by atoms with Gasteiger partial charge in [-0.1, -0.05) is 0 Å². The molecule has 0 heterocycles. The predicted octanol–water partition coefficient (Wildman–Crippen LogP) is -0.0473. The number of amides is 3. The van der Waals surface area contributed by atoms with Crippen LogP contribution in [0.25, 0.3) is 0 Å². The molecule has 0 aromatic heterocycles. The Balaban J connectivity index is 3.89. The lowest BCUT2D eigenvalue weighted by Crippen LogP contribution is -2.46. The van der Waals surface area contributed by atoms with Crippen LogP contribution in [0.3, 0.4) is 0 Å². The van der Waals surface area contributed by atoms with Crippen LogP contribution in [0.4, 0.5) is 18.0 Å². The van der Waals surface area contributed by atoms with Crippen molar-refractivity contribution in [3.8, 4) is 0 Å². The van der Waals surface area contributed by atoms with Crippen molar-refractivity contribution in [2.75, 3.05) is 40.4 Å². The summed E-state index contributed by atoms with van der Waals surface area (Å²) < 4.78 is 40.2. The lowest BCUT2D eigenvalue weighted by molar-refractivity contribution is -0.123. The van der Waals surface area contributed by atoms with Crippen LogP contribution in [0.2, 0.25) is 0 Å². The van der Waals surface area contributed by atoms with E-state index in [4.69, 9.17) is 0 Å². The van der Waals surface area contributed by atoms with E-state index in [2.05, 4.69) is 10.1 Å². The molecule has 0 radical (unpaired) electrons. The first-order chi connectivity index (χ1) is 8.26. The van der Waals surface area contributed by atoms with E-state index in [-0.39, 0.29) is 13.1 Å². The van der Waals surface area contributed by atoms with E-state index in [0.29, 0.717) is 6.61 Å². The number of urea groups is 1. The molecular formula is C9H16F3N3O3. The molecular weight excluding hydrogens is 255 g/mol. The quantitative estimate of drug-likeness (QED) is 0.666. The molecule has 0 aromatic rings. The van der Waals surface area contributed by atoms with Crippen LogP contribution in [-0.4, -0.2) is 63.4 Å². The van der Waals surface area contributed by atoms with Crippen molar-refractivity contribution < 1.29 is 27.5 Å². The normalized spacial score (nSPS) is 10.9. The molecule has 9 heteroatoms. The molecule has 0 atom stereocenters. The molecule has 6 nitrogen and oxygen atoms in total. The molecule has 3 amide bonds. The Hall–Kier alpha value is -1.51. The molecule has 0 aliphatic rings. The number of carbonyl (C=O) groups excluding carboxylic acids is 2. The lowest BCUT2D eigenvalue weighted by Gasteiger charge is -2.18. The van der Waals surface area contributed by atoms with Gasteiger partial charge in [0.1, 0.15) is 13.1 Å². The maximum absolute atomic E-state index is 11.8. The second-order valence-corrected chi connectivity index (χ2v) is 3.47. The van der Waals surface area contributed by atoms with Gasteiger partial charge in [0.25, 0.3) is 0 Å². The van der Waals surface area contributed by atoms with E-state index in [9.17, 15) is 22.8 Å². The summed E-state index contributed by atoms with van der Waals surface area (Å²) in [7, 11) is 2.68. The Bertz CT molecular complexity index is 284. The van der Waals surface area contributed by atoms with Gasteiger partial charge in [0.2, 0.25) is 5.91 Å². The smallest absolute Gasteiger partial charge is 0.383 e. The molecule has 0 rings (SSSR count). The van der Waals surface area contributed by atoms with Gasteiger partial charge in [-0.25, -0.2) is 4.79 Å². The number of carbonyl (C=O) groups is 2. The van der Waals surface area contributed by atoms with Gasteiger partial charge in [-0.15, -0.1) is 0 Å². The summed E-state index contributed by atoms with van der Waals surface area (Å²) in [5.74, 6) is -0.475. The number of rotatable bonds is 6. The van der Waals surface area contributed by atoms with E-state index in [1.807, 2.05) is 0 Å². The summed E-state index contributed by atoms with van der Waals surface area (Å²) in [6.45, 7) is -1.17. The number of halogens is 3. The summed E-state index contributed by atoms with van der Waals surface area (Å²) in [6.07, 6.45) is -4.47. The molecule has 0 aromatic carbocycles. The van der Waals surface area contributed by atoms with Crippen LogP contribution in [0.1, 0.15) is 0 Å². The summed E-state index contributed by atoms with van der Waals surface area (Å²) in [4.78, 5) is 23.2. The highest BCUT2D eigenvalue weighted by Gasteiger charge is 2.28. The Morgan fingerprint density at radius 2 is 1.89 bits per heavy atom. The lowest BCUT2D eigenvalue weighted by atomic mass is 10.5. The highest BCUT2D eigenvalue weighted by atomic mass is 19.4. The minimum absolute atomic E-state index is 0.271. The molecule has 0 aliphatic heterocycles. The monoisotopic (exact) mass is 271 g/mol. The SMILES string of the molecule is COCCNC(=O)CN(C)C(=O)NCC(F)(F)F. The standard InChI is InChI=1S/C9H16F3N3O3/c1-15(5-7(16)13-3-4-18-2)8(17)14-6-9(10,11)12/h3-6H2,1-2H3,(H,13,16)(H,14,17). The van der Waals surface area contributed by atoms with Crippen molar-refractivity contribution in [1.29, 1.82) is 0 Å². The van der Waals surface area contributed by atoms with Gasteiger partial charge < -0.3 is 20.3 Å². The van der Waals surface area contributed by atoms with Gasteiger partial charge in [0, 0.05) is 20.7 Å². The summed E-state index contributed by atoms with van der Waals surface area (Å²) in [5, 5.41) is 4.09. The predicted molar refractivity (Wildman–Crippen MR) is 57.0 cm³/mol. The fourth-order valence-electron chi connectivity index (χ4n) is 0.946. The molecule has 18 heavy (non-hydrogen) atoms. The number of likely N-dealkylation sites (N-methyl/N-ethyl adjacent to an activating group) is 1. The minimum Gasteiger partial charge on any atom is -0.383 e. The molecule has 106 valence electrons. The molecule has 0 saturated carbocycles. The molecule has 0 bridgehead atoms. The average Bonchev–Trinajstić information content (AvgIpc) is 2.25. The van der Waals surface area contributed by atoms with Gasteiger partial charge in [-0.3, -0.25) is 4.79 Å². The van der Waals surface area contributed by atoms with Gasteiger partial charge in [-0.05, 0) is 0 Å². The summed E-state index contributed by atoms with van der Waals surface area (Å²) >= 11 is 0. The number of nitrogens with zero attached hydrogens (tertiary/aromatic N) is 1. The summed E-state index contributed by atoms with van der Waals surface area (Å²) in [6, 6.07) is -0.964. The van der Waals surface area contributed by atoms with Gasteiger partial charge in [0.15, 0.2) is 0 Å². The van der Waals surface area contributed by atoms with Gasteiger partial charge >= 0.3 is 12.2 Å². The maximum atomic E-state index is 11.8. The largest absolute Gasteiger partial charge is 0.405 e.